The van der Waals surface area contributed by atoms with E-state index in [1.807, 2.05) is 0 Å². The first-order valence-electron chi connectivity index (χ1n) is 10.1. The first-order chi connectivity index (χ1) is 16.8. The highest BCUT2D eigenvalue weighted by atomic mass is 35.5. The van der Waals surface area contributed by atoms with Gasteiger partial charge in [-0.05, 0) is 48.0 Å². The van der Waals surface area contributed by atoms with Crippen molar-refractivity contribution < 1.29 is 14.1 Å². The Bertz CT molecular complexity index is 1360. The number of benzene rings is 3. The highest BCUT2D eigenvalue weighted by Crippen LogP contribution is 2.27. The van der Waals surface area contributed by atoms with Gasteiger partial charge in [-0.1, -0.05) is 47.1 Å². The van der Waals surface area contributed by atoms with Crippen molar-refractivity contribution in [2.75, 3.05) is 0 Å². The number of thioether (sulfide) groups is 1. The monoisotopic (exact) mass is 531 g/mol. The summed E-state index contributed by atoms with van der Waals surface area (Å²) in [6.07, 6.45) is 0. The SMILES string of the molecule is O=C(NCc1nnc(SCc2ccc(F)cc2)n1-c1ccc([N+](=O)[O-])cc1)c1cc(Cl)cc(Cl)c1. The molecule has 4 aromatic rings. The third-order valence-corrected chi connectivity index (χ3v) is 6.27. The molecule has 178 valence electrons. The summed E-state index contributed by atoms with van der Waals surface area (Å²) in [7, 11) is 0. The Morgan fingerprint density at radius 2 is 1.69 bits per heavy atom. The van der Waals surface area contributed by atoms with Crippen LogP contribution in [0, 0.1) is 15.9 Å². The number of hydrogen-bond donors (Lipinski definition) is 1. The molecular formula is C23H16Cl2FN5O3S. The fourth-order valence-electron chi connectivity index (χ4n) is 3.17. The molecule has 0 aliphatic heterocycles. The second-order valence-corrected chi connectivity index (χ2v) is 9.08. The highest BCUT2D eigenvalue weighted by Gasteiger charge is 2.17. The largest absolute Gasteiger partial charge is 0.345 e. The van der Waals surface area contributed by atoms with Gasteiger partial charge >= 0.3 is 0 Å². The summed E-state index contributed by atoms with van der Waals surface area (Å²) >= 11 is 13.3. The van der Waals surface area contributed by atoms with Crippen LogP contribution in [0.15, 0.2) is 71.9 Å². The summed E-state index contributed by atoms with van der Waals surface area (Å²) in [6.45, 7) is 0.0179. The van der Waals surface area contributed by atoms with Crippen LogP contribution in [-0.2, 0) is 12.3 Å². The number of nitrogens with zero attached hydrogens (tertiary/aromatic N) is 4. The fraction of sp³-hybridized carbons (Fsp3) is 0.0870. The lowest BCUT2D eigenvalue weighted by Gasteiger charge is -2.11. The Kier molecular flexibility index (Phi) is 7.64. The summed E-state index contributed by atoms with van der Waals surface area (Å²) < 4.78 is 14.9. The molecule has 1 heterocycles. The van der Waals surface area contributed by atoms with Crippen molar-refractivity contribution >= 4 is 46.6 Å². The van der Waals surface area contributed by atoms with Gasteiger partial charge in [0.25, 0.3) is 11.6 Å². The van der Waals surface area contributed by atoms with Crippen molar-refractivity contribution in [3.05, 3.63) is 110 Å². The van der Waals surface area contributed by atoms with E-state index in [2.05, 4.69) is 15.5 Å². The molecule has 0 saturated heterocycles. The minimum absolute atomic E-state index is 0.0179. The molecule has 1 N–H and O–H groups in total. The molecule has 3 aromatic carbocycles. The number of rotatable bonds is 8. The van der Waals surface area contributed by atoms with Gasteiger partial charge in [-0.2, -0.15) is 0 Å². The van der Waals surface area contributed by atoms with Crippen LogP contribution in [0.4, 0.5) is 10.1 Å². The van der Waals surface area contributed by atoms with E-state index in [-0.39, 0.29) is 23.6 Å². The Hall–Kier alpha value is -3.47. The quantitative estimate of drug-likeness (QED) is 0.174. The molecule has 0 radical (unpaired) electrons. The molecule has 0 unspecified atom stereocenters. The van der Waals surface area contributed by atoms with Gasteiger partial charge in [-0.3, -0.25) is 19.5 Å². The average molecular weight is 532 g/mol. The zero-order valence-electron chi connectivity index (χ0n) is 17.8. The topological polar surface area (TPSA) is 103 Å². The minimum Gasteiger partial charge on any atom is -0.345 e. The second kappa shape index (κ2) is 10.9. The molecule has 8 nitrogen and oxygen atoms in total. The second-order valence-electron chi connectivity index (χ2n) is 7.26. The number of carbonyl (C=O) groups excluding carboxylic acids is 1. The van der Waals surface area contributed by atoms with E-state index < -0.39 is 10.8 Å². The Morgan fingerprint density at radius 1 is 1.03 bits per heavy atom. The maximum Gasteiger partial charge on any atom is 0.269 e. The van der Waals surface area contributed by atoms with Crippen LogP contribution in [0.2, 0.25) is 10.0 Å². The Balaban J connectivity index is 1.59. The number of nitrogens with one attached hydrogen (secondary N) is 1. The van der Waals surface area contributed by atoms with Crippen LogP contribution >= 0.6 is 35.0 Å². The molecule has 0 atom stereocenters. The van der Waals surface area contributed by atoms with E-state index in [9.17, 15) is 19.3 Å². The van der Waals surface area contributed by atoms with Crippen molar-refractivity contribution in [1.29, 1.82) is 0 Å². The lowest BCUT2D eigenvalue weighted by molar-refractivity contribution is -0.384. The highest BCUT2D eigenvalue weighted by molar-refractivity contribution is 7.98. The molecule has 1 amide bonds. The molecule has 0 fully saturated rings. The van der Waals surface area contributed by atoms with Gasteiger partial charge < -0.3 is 5.32 Å². The van der Waals surface area contributed by atoms with Crippen molar-refractivity contribution in [2.45, 2.75) is 17.5 Å². The number of halogens is 3. The van der Waals surface area contributed by atoms with Crippen LogP contribution < -0.4 is 5.32 Å². The lowest BCUT2D eigenvalue weighted by atomic mass is 10.2. The van der Waals surface area contributed by atoms with E-state index in [0.29, 0.717) is 32.5 Å². The third-order valence-electron chi connectivity index (χ3n) is 4.83. The van der Waals surface area contributed by atoms with Crippen molar-refractivity contribution in [3.8, 4) is 5.69 Å². The summed E-state index contributed by atoms with van der Waals surface area (Å²) in [5, 5.41) is 23.4. The number of hydrogen-bond acceptors (Lipinski definition) is 6. The molecule has 1 aromatic heterocycles. The fourth-order valence-corrected chi connectivity index (χ4v) is 4.62. The van der Waals surface area contributed by atoms with Crippen LogP contribution in [0.25, 0.3) is 5.69 Å². The van der Waals surface area contributed by atoms with Crippen molar-refractivity contribution in [2.24, 2.45) is 0 Å². The zero-order valence-corrected chi connectivity index (χ0v) is 20.1. The van der Waals surface area contributed by atoms with Crippen LogP contribution in [0.3, 0.4) is 0 Å². The first-order valence-corrected chi connectivity index (χ1v) is 11.8. The molecule has 0 saturated carbocycles. The summed E-state index contributed by atoms with van der Waals surface area (Å²) in [6, 6.07) is 16.5. The maximum absolute atomic E-state index is 13.2. The molecule has 12 heteroatoms. The summed E-state index contributed by atoms with van der Waals surface area (Å²) in [4.78, 5) is 23.2. The minimum atomic E-state index is -0.489. The van der Waals surface area contributed by atoms with Crippen molar-refractivity contribution in [3.63, 3.8) is 0 Å². The van der Waals surface area contributed by atoms with E-state index >= 15 is 0 Å². The van der Waals surface area contributed by atoms with Crippen LogP contribution in [0.5, 0.6) is 0 Å². The van der Waals surface area contributed by atoms with Gasteiger partial charge in [0.05, 0.1) is 11.5 Å². The van der Waals surface area contributed by atoms with E-state index in [1.54, 1.807) is 28.8 Å². The molecule has 0 spiro atoms. The number of nitro groups is 1. The Labute approximate surface area is 213 Å². The zero-order chi connectivity index (χ0) is 24.9. The summed E-state index contributed by atoms with van der Waals surface area (Å²) in [5.74, 6) is 0.153. The molecule has 4 rings (SSSR count). The lowest BCUT2D eigenvalue weighted by Crippen LogP contribution is -2.24. The van der Waals surface area contributed by atoms with E-state index in [4.69, 9.17) is 23.2 Å². The van der Waals surface area contributed by atoms with Crippen LogP contribution in [0.1, 0.15) is 21.7 Å². The van der Waals surface area contributed by atoms with Gasteiger partial charge in [0, 0.05) is 39.2 Å². The van der Waals surface area contributed by atoms with Crippen molar-refractivity contribution in [1.82, 2.24) is 20.1 Å². The smallest absolute Gasteiger partial charge is 0.269 e. The van der Waals surface area contributed by atoms with Crippen LogP contribution in [-0.4, -0.2) is 25.6 Å². The average Bonchev–Trinajstić information content (AvgIpc) is 3.24. The maximum atomic E-state index is 13.2. The number of aromatic nitrogens is 3. The van der Waals surface area contributed by atoms with Gasteiger partial charge in [0.1, 0.15) is 5.82 Å². The number of amides is 1. The standard InChI is InChI=1S/C23H16Cl2FN5O3S/c24-16-9-15(10-17(25)11-16)22(32)27-12-21-28-29-23(35-13-14-1-3-18(26)4-2-14)30(21)19-5-7-20(8-6-19)31(33)34/h1-11H,12-13H2,(H,27,32). The van der Waals surface area contributed by atoms with Gasteiger partial charge in [0.15, 0.2) is 11.0 Å². The third kappa shape index (κ3) is 6.16. The Morgan fingerprint density at radius 3 is 2.31 bits per heavy atom. The van der Waals surface area contributed by atoms with Gasteiger partial charge in [0.2, 0.25) is 0 Å². The molecule has 0 aliphatic rings. The van der Waals surface area contributed by atoms with Gasteiger partial charge in [-0.15, -0.1) is 10.2 Å². The predicted octanol–water partition coefficient (Wildman–Crippen LogP) is 5.84. The molecule has 35 heavy (non-hydrogen) atoms. The normalized spacial score (nSPS) is 10.8. The first kappa shape index (κ1) is 24.6. The van der Waals surface area contributed by atoms with E-state index in [1.165, 1.54) is 54.2 Å². The summed E-state index contributed by atoms with van der Waals surface area (Å²) in [5.41, 5.74) is 1.68. The van der Waals surface area contributed by atoms with E-state index in [0.717, 1.165) is 5.56 Å². The molecular weight excluding hydrogens is 516 g/mol. The molecule has 0 bridgehead atoms. The number of carbonyl (C=O) groups is 1. The predicted molar refractivity (Wildman–Crippen MR) is 132 cm³/mol. The number of non-ortho nitro benzene ring substituents is 1. The van der Waals surface area contributed by atoms with Gasteiger partial charge in [-0.25, -0.2) is 4.39 Å². The number of nitro benzene ring substituents is 1. The molecule has 0 aliphatic carbocycles.